The topological polar surface area (TPSA) is 42.2 Å². The van der Waals surface area contributed by atoms with Gasteiger partial charge in [-0.05, 0) is 52.4 Å². The summed E-state index contributed by atoms with van der Waals surface area (Å²) >= 11 is 6.16. The van der Waals surface area contributed by atoms with Crippen molar-refractivity contribution in [2.75, 3.05) is 5.88 Å². The average molecular weight is 298 g/mol. The second-order valence-electron chi connectivity index (χ2n) is 6.27. The van der Waals surface area contributed by atoms with Crippen LogP contribution in [0, 0.1) is 26.7 Å². The Morgan fingerprint density at radius 1 is 1.30 bits per heavy atom. The number of hydrogen-bond donors (Lipinski definition) is 1. The standard InChI is InChI=1S/C16H24ClNO2/c1-10-5-7-16(9-17,8-6-10)18-15(19)14-11(2)12(3)20-13(14)4/h10H,5-9H2,1-4H3,(H,18,19). The zero-order valence-electron chi connectivity index (χ0n) is 12.8. The van der Waals surface area contributed by atoms with E-state index in [4.69, 9.17) is 16.0 Å². The van der Waals surface area contributed by atoms with Crippen LogP contribution in [0.15, 0.2) is 4.42 Å². The van der Waals surface area contributed by atoms with Crippen molar-refractivity contribution in [3.8, 4) is 0 Å². The zero-order valence-corrected chi connectivity index (χ0v) is 13.6. The van der Waals surface area contributed by atoms with E-state index in [2.05, 4.69) is 12.2 Å². The van der Waals surface area contributed by atoms with Gasteiger partial charge in [-0.3, -0.25) is 4.79 Å². The fourth-order valence-corrected chi connectivity index (χ4v) is 3.37. The normalized spacial score (nSPS) is 26.6. The summed E-state index contributed by atoms with van der Waals surface area (Å²) in [6, 6.07) is 0. The van der Waals surface area contributed by atoms with Gasteiger partial charge < -0.3 is 9.73 Å². The van der Waals surface area contributed by atoms with Gasteiger partial charge in [0.05, 0.1) is 11.1 Å². The van der Waals surface area contributed by atoms with Crippen molar-refractivity contribution >= 4 is 17.5 Å². The molecule has 1 heterocycles. The van der Waals surface area contributed by atoms with Gasteiger partial charge in [0.2, 0.25) is 0 Å². The maximum atomic E-state index is 12.6. The predicted molar refractivity (Wildman–Crippen MR) is 81.5 cm³/mol. The largest absolute Gasteiger partial charge is 0.466 e. The third-order valence-electron chi connectivity index (χ3n) is 4.65. The van der Waals surface area contributed by atoms with Crippen molar-refractivity contribution in [3.63, 3.8) is 0 Å². The van der Waals surface area contributed by atoms with E-state index < -0.39 is 0 Å². The van der Waals surface area contributed by atoms with Gasteiger partial charge in [-0.1, -0.05) is 6.92 Å². The van der Waals surface area contributed by atoms with E-state index in [0.29, 0.717) is 17.2 Å². The molecule has 0 aliphatic heterocycles. The first-order valence-corrected chi connectivity index (χ1v) is 7.87. The molecule has 20 heavy (non-hydrogen) atoms. The Hall–Kier alpha value is -0.960. The Kier molecular flexibility index (Phi) is 4.48. The number of carbonyl (C=O) groups is 1. The number of carbonyl (C=O) groups excluding carboxylic acids is 1. The van der Waals surface area contributed by atoms with E-state index in [-0.39, 0.29) is 11.4 Å². The Morgan fingerprint density at radius 2 is 1.90 bits per heavy atom. The molecule has 1 aliphatic carbocycles. The number of halogens is 1. The molecular formula is C16H24ClNO2. The lowest BCUT2D eigenvalue weighted by atomic mass is 9.78. The van der Waals surface area contributed by atoms with Crippen LogP contribution >= 0.6 is 11.6 Å². The number of nitrogens with one attached hydrogen (secondary N) is 1. The summed E-state index contributed by atoms with van der Waals surface area (Å²) in [5.41, 5.74) is 1.34. The highest BCUT2D eigenvalue weighted by Gasteiger charge is 2.36. The first-order valence-electron chi connectivity index (χ1n) is 7.33. The average Bonchev–Trinajstić information content (AvgIpc) is 2.66. The summed E-state index contributed by atoms with van der Waals surface area (Å²) in [6.07, 6.45) is 4.15. The van der Waals surface area contributed by atoms with Crippen LogP contribution in [0.1, 0.15) is 60.0 Å². The molecule has 0 bridgehead atoms. The Bertz CT molecular complexity index is 499. The molecule has 1 aromatic rings. The molecule has 0 atom stereocenters. The van der Waals surface area contributed by atoms with Gasteiger partial charge in [-0.15, -0.1) is 11.6 Å². The Balaban J connectivity index is 2.17. The fraction of sp³-hybridized carbons (Fsp3) is 0.688. The molecule has 0 saturated heterocycles. The Labute approximate surface area is 126 Å². The number of rotatable bonds is 3. The lowest BCUT2D eigenvalue weighted by Gasteiger charge is -2.38. The molecule has 2 rings (SSSR count). The molecule has 1 amide bonds. The minimum Gasteiger partial charge on any atom is -0.466 e. The monoisotopic (exact) mass is 297 g/mol. The van der Waals surface area contributed by atoms with Crippen LogP contribution in [-0.4, -0.2) is 17.3 Å². The van der Waals surface area contributed by atoms with Crippen LogP contribution in [0.2, 0.25) is 0 Å². The smallest absolute Gasteiger partial charge is 0.255 e. The number of hydrogen-bond acceptors (Lipinski definition) is 2. The maximum absolute atomic E-state index is 12.6. The van der Waals surface area contributed by atoms with Crippen molar-refractivity contribution in [2.45, 2.75) is 58.9 Å². The third kappa shape index (κ3) is 2.88. The minimum absolute atomic E-state index is 0.0490. The number of amides is 1. The van der Waals surface area contributed by atoms with E-state index in [1.54, 1.807) is 0 Å². The van der Waals surface area contributed by atoms with Gasteiger partial charge in [0.15, 0.2) is 0 Å². The highest BCUT2D eigenvalue weighted by molar-refractivity contribution is 6.19. The minimum atomic E-state index is -0.255. The summed E-state index contributed by atoms with van der Waals surface area (Å²) in [5.74, 6) is 2.64. The molecule has 1 aromatic heterocycles. The zero-order chi connectivity index (χ0) is 14.9. The second kappa shape index (κ2) is 5.80. The highest BCUT2D eigenvalue weighted by Crippen LogP contribution is 2.33. The Morgan fingerprint density at radius 3 is 2.35 bits per heavy atom. The summed E-state index contributed by atoms with van der Waals surface area (Å²) in [5, 5.41) is 3.18. The first kappa shape index (κ1) is 15.4. The van der Waals surface area contributed by atoms with E-state index >= 15 is 0 Å². The van der Waals surface area contributed by atoms with Gasteiger partial charge in [-0.2, -0.15) is 0 Å². The van der Waals surface area contributed by atoms with E-state index in [1.807, 2.05) is 20.8 Å². The van der Waals surface area contributed by atoms with Crippen LogP contribution < -0.4 is 5.32 Å². The molecule has 0 aromatic carbocycles. The third-order valence-corrected chi connectivity index (χ3v) is 5.17. The molecule has 1 N–H and O–H groups in total. The van der Waals surface area contributed by atoms with Crippen molar-refractivity contribution < 1.29 is 9.21 Å². The molecule has 0 spiro atoms. The van der Waals surface area contributed by atoms with Gasteiger partial charge >= 0.3 is 0 Å². The molecule has 1 fully saturated rings. The second-order valence-corrected chi connectivity index (χ2v) is 6.53. The van der Waals surface area contributed by atoms with Crippen LogP contribution in [0.4, 0.5) is 0 Å². The van der Waals surface area contributed by atoms with Gasteiger partial charge in [0.1, 0.15) is 11.5 Å². The molecule has 1 saturated carbocycles. The fourth-order valence-electron chi connectivity index (χ4n) is 3.04. The predicted octanol–water partition coefficient (Wildman–Crippen LogP) is 4.12. The quantitative estimate of drug-likeness (QED) is 0.853. The molecular weight excluding hydrogens is 274 g/mol. The summed E-state index contributed by atoms with van der Waals surface area (Å²) in [6.45, 7) is 7.91. The maximum Gasteiger partial charge on any atom is 0.255 e. The van der Waals surface area contributed by atoms with Crippen LogP contribution in [0.5, 0.6) is 0 Å². The highest BCUT2D eigenvalue weighted by atomic mass is 35.5. The van der Waals surface area contributed by atoms with Gasteiger partial charge in [0.25, 0.3) is 5.91 Å². The van der Waals surface area contributed by atoms with Crippen molar-refractivity contribution in [1.82, 2.24) is 5.32 Å². The SMILES string of the molecule is Cc1oc(C)c(C(=O)NC2(CCl)CCC(C)CC2)c1C. The molecule has 0 radical (unpaired) electrons. The van der Waals surface area contributed by atoms with E-state index in [1.165, 1.54) is 0 Å². The molecule has 3 nitrogen and oxygen atoms in total. The van der Waals surface area contributed by atoms with Crippen LogP contribution in [-0.2, 0) is 0 Å². The van der Waals surface area contributed by atoms with Crippen molar-refractivity contribution in [1.29, 1.82) is 0 Å². The van der Waals surface area contributed by atoms with E-state index in [0.717, 1.165) is 42.9 Å². The number of furan rings is 1. The van der Waals surface area contributed by atoms with Crippen LogP contribution in [0.25, 0.3) is 0 Å². The van der Waals surface area contributed by atoms with Crippen LogP contribution in [0.3, 0.4) is 0 Å². The first-order chi connectivity index (χ1) is 9.38. The van der Waals surface area contributed by atoms with E-state index in [9.17, 15) is 4.79 Å². The molecule has 112 valence electrons. The van der Waals surface area contributed by atoms with Gasteiger partial charge in [-0.25, -0.2) is 0 Å². The number of aryl methyl sites for hydroxylation is 2. The van der Waals surface area contributed by atoms with Gasteiger partial charge in [0, 0.05) is 11.4 Å². The lowest BCUT2D eigenvalue weighted by molar-refractivity contribution is 0.0870. The summed E-state index contributed by atoms with van der Waals surface area (Å²) in [4.78, 5) is 12.6. The number of alkyl halides is 1. The summed E-state index contributed by atoms with van der Waals surface area (Å²) in [7, 11) is 0. The van der Waals surface area contributed by atoms with Crippen molar-refractivity contribution in [2.24, 2.45) is 5.92 Å². The molecule has 1 aliphatic rings. The molecule has 0 unspecified atom stereocenters. The lowest BCUT2D eigenvalue weighted by Crippen LogP contribution is -2.52. The summed E-state index contributed by atoms with van der Waals surface area (Å²) < 4.78 is 5.55. The van der Waals surface area contributed by atoms with Crippen molar-refractivity contribution in [3.05, 3.63) is 22.6 Å². The molecule has 4 heteroatoms.